The molecule has 2 aliphatic rings. The highest BCUT2D eigenvalue weighted by molar-refractivity contribution is 5.42. The van der Waals surface area contributed by atoms with Crippen LogP contribution < -0.4 is 10.1 Å². The van der Waals surface area contributed by atoms with E-state index in [-0.39, 0.29) is 0 Å². The predicted octanol–water partition coefficient (Wildman–Crippen LogP) is 1.59. The van der Waals surface area contributed by atoms with Gasteiger partial charge in [0.1, 0.15) is 5.75 Å². The van der Waals surface area contributed by atoms with Crippen LogP contribution in [0.4, 0.5) is 0 Å². The van der Waals surface area contributed by atoms with Crippen LogP contribution in [0.15, 0.2) is 18.2 Å². The van der Waals surface area contributed by atoms with Crippen molar-refractivity contribution in [1.29, 1.82) is 0 Å². The van der Waals surface area contributed by atoms with Crippen LogP contribution in [0.1, 0.15) is 24.0 Å². The summed E-state index contributed by atoms with van der Waals surface area (Å²) in [4.78, 5) is 2.51. The summed E-state index contributed by atoms with van der Waals surface area (Å²) >= 11 is 0. The van der Waals surface area contributed by atoms with Gasteiger partial charge in [-0.3, -0.25) is 4.90 Å². The first-order valence-corrected chi connectivity index (χ1v) is 6.51. The topological polar surface area (TPSA) is 24.5 Å². The van der Waals surface area contributed by atoms with Crippen molar-refractivity contribution < 1.29 is 4.74 Å². The number of hydrogen-bond acceptors (Lipinski definition) is 3. The second-order valence-corrected chi connectivity index (χ2v) is 5.11. The van der Waals surface area contributed by atoms with Crippen LogP contribution in [-0.4, -0.2) is 37.7 Å². The Bertz CT molecular complexity index is 399. The van der Waals surface area contributed by atoms with E-state index in [0.29, 0.717) is 5.92 Å². The quantitative estimate of drug-likeness (QED) is 0.838. The van der Waals surface area contributed by atoms with Crippen molar-refractivity contribution >= 4 is 0 Å². The molecule has 1 aromatic carbocycles. The Morgan fingerprint density at radius 2 is 2.18 bits per heavy atom. The third-order valence-corrected chi connectivity index (χ3v) is 3.71. The Hall–Kier alpha value is -1.06. The molecule has 3 heteroatoms. The lowest BCUT2D eigenvalue weighted by Crippen LogP contribution is -2.42. The molecule has 92 valence electrons. The highest BCUT2D eigenvalue weighted by Crippen LogP contribution is 2.34. The van der Waals surface area contributed by atoms with Gasteiger partial charge >= 0.3 is 0 Å². The zero-order valence-corrected chi connectivity index (χ0v) is 10.4. The van der Waals surface area contributed by atoms with Crippen molar-refractivity contribution in [2.45, 2.75) is 19.4 Å². The highest BCUT2D eigenvalue weighted by Gasteiger charge is 2.20. The molecular formula is C14H20N2O. The average molecular weight is 232 g/mol. The Morgan fingerprint density at radius 1 is 1.35 bits per heavy atom. The van der Waals surface area contributed by atoms with Crippen LogP contribution in [0.3, 0.4) is 0 Å². The van der Waals surface area contributed by atoms with E-state index in [4.69, 9.17) is 4.74 Å². The fourth-order valence-electron chi connectivity index (χ4n) is 2.64. The lowest BCUT2D eigenvalue weighted by Gasteiger charge is -2.27. The fraction of sp³-hybridized carbons (Fsp3) is 0.571. The van der Waals surface area contributed by atoms with Gasteiger partial charge in [-0.1, -0.05) is 19.1 Å². The average Bonchev–Trinajstić information content (AvgIpc) is 2.73. The van der Waals surface area contributed by atoms with Crippen molar-refractivity contribution in [2.75, 3.05) is 32.8 Å². The van der Waals surface area contributed by atoms with Crippen LogP contribution in [0, 0.1) is 0 Å². The van der Waals surface area contributed by atoms with Gasteiger partial charge in [-0.15, -0.1) is 0 Å². The Morgan fingerprint density at radius 3 is 3.00 bits per heavy atom. The zero-order chi connectivity index (χ0) is 11.7. The second-order valence-electron chi connectivity index (χ2n) is 5.11. The fourth-order valence-corrected chi connectivity index (χ4v) is 2.64. The maximum atomic E-state index is 5.63. The summed E-state index contributed by atoms with van der Waals surface area (Å²) in [6, 6.07) is 6.67. The number of nitrogens with one attached hydrogen (secondary N) is 1. The first-order valence-electron chi connectivity index (χ1n) is 6.51. The van der Waals surface area contributed by atoms with E-state index >= 15 is 0 Å². The molecule has 3 nitrogen and oxygen atoms in total. The molecule has 3 rings (SSSR count). The molecule has 1 fully saturated rings. The molecule has 17 heavy (non-hydrogen) atoms. The smallest absolute Gasteiger partial charge is 0.122 e. The van der Waals surface area contributed by atoms with Gasteiger partial charge in [0.05, 0.1) is 6.61 Å². The summed E-state index contributed by atoms with van der Waals surface area (Å²) in [6.07, 6.45) is 0. The van der Waals surface area contributed by atoms with Crippen molar-refractivity contribution in [2.24, 2.45) is 0 Å². The molecule has 1 atom stereocenters. The highest BCUT2D eigenvalue weighted by atomic mass is 16.5. The SMILES string of the molecule is CC1COc2ccc(CN3CCNCC3)cc21. The number of piperazine rings is 1. The molecule has 1 unspecified atom stereocenters. The first-order chi connectivity index (χ1) is 8.33. The minimum atomic E-state index is 0.549. The Balaban J connectivity index is 1.73. The number of fused-ring (bicyclic) bond motifs is 1. The van der Waals surface area contributed by atoms with Crippen LogP contribution >= 0.6 is 0 Å². The molecule has 1 saturated heterocycles. The Kier molecular flexibility index (Phi) is 3.04. The van der Waals surface area contributed by atoms with Crippen LogP contribution in [-0.2, 0) is 6.54 Å². The molecule has 2 aliphatic heterocycles. The van der Waals surface area contributed by atoms with Gasteiger partial charge in [0.2, 0.25) is 0 Å². The summed E-state index contributed by atoms with van der Waals surface area (Å²) in [5.41, 5.74) is 2.81. The summed E-state index contributed by atoms with van der Waals surface area (Å²) < 4.78 is 5.63. The van der Waals surface area contributed by atoms with Crippen LogP contribution in [0.25, 0.3) is 0 Å². The number of nitrogens with zero attached hydrogens (tertiary/aromatic N) is 1. The van der Waals surface area contributed by atoms with E-state index in [1.54, 1.807) is 0 Å². The Labute approximate surface area is 103 Å². The standard InChI is InChI=1S/C14H20N2O/c1-11-10-17-14-3-2-12(8-13(11)14)9-16-6-4-15-5-7-16/h2-3,8,11,15H,4-7,9-10H2,1H3. The van der Waals surface area contributed by atoms with E-state index in [1.807, 2.05) is 0 Å². The van der Waals surface area contributed by atoms with Gasteiger partial charge in [0, 0.05) is 44.2 Å². The van der Waals surface area contributed by atoms with Gasteiger partial charge < -0.3 is 10.1 Å². The molecular weight excluding hydrogens is 212 g/mol. The van der Waals surface area contributed by atoms with Crippen molar-refractivity contribution in [3.8, 4) is 5.75 Å². The van der Waals surface area contributed by atoms with Gasteiger partial charge in [-0.05, 0) is 11.6 Å². The number of ether oxygens (including phenoxy) is 1. The van der Waals surface area contributed by atoms with E-state index in [0.717, 1.165) is 45.1 Å². The molecule has 1 aromatic rings. The summed E-state index contributed by atoms with van der Waals surface area (Å²) in [5.74, 6) is 1.63. The van der Waals surface area contributed by atoms with Gasteiger partial charge in [0.25, 0.3) is 0 Å². The molecule has 0 spiro atoms. The van der Waals surface area contributed by atoms with Gasteiger partial charge in [-0.25, -0.2) is 0 Å². The lowest BCUT2D eigenvalue weighted by atomic mass is 10.0. The minimum Gasteiger partial charge on any atom is -0.493 e. The van der Waals surface area contributed by atoms with Gasteiger partial charge in [0.15, 0.2) is 0 Å². The largest absolute Gasteiger partial charge is 0.493 e. The maximum absolute atomic E-state index is 5.63. The molecule has 0 bridgehead atoms. The van der Waals surface area contributed by atoms with E-state index < -0.39 is 0 Å². The number of rotatable bonds is 2. The molecule has 0 amide bonds. The zero-order valence-electron chi connectivity index (χ0n) is 10.4. The normalized spacial score (nSPS) is 24.4. The third-order valence-electron chi connectivity index (χ3n) is 3.71. The molecule has 2 heterocycles. The van der Waals surface area contributed by atoms with Crippen LogP contribution in [0.2, 0.25) is 0 Å². The monoisotopic (exact) mass is 232 g/mol. The number of benzene rings is 1. The summed E-state index contributed by atoms with van der Waals surface area (Å²) in [5, 5.41) is 3.39. The van der Waals surface area contributed by atoms with Crippen molar-refractivity contribution in [1.82, 2.24) is 10.2 Å². The maximum Gasteiger partial charge on any atom is 0.122 e. The summed E-state index contributed by atoms with van der Waals surface area (Å²) in [6.45, 7) is 8.69. The molecule has 0 saturated carbocycles. The molecule has 0 aromatic heterocycles. The molecule has 0 radical (unpaired) electrons. The molecule has 1 N–H and O–H groups in total. The lowest BCUT2D eigenvalue weighted by molar-refractivity contribution is 0.233. The van der Waals surface area contributed by atoms with E-state index in [1.165, 1.54) is 11.1 Å². The second kappa shape index (κ2) is 4.67. The number of hydrogen-bond donors (Lipinski definition) is 1. The van der Waals surface area contributed by atoms with E-state index in [9.17, 15) is 0 Å². The first kappa shape index (κ1) is 11.1. The molecule has 0 aliphatic carbocycles. The minimum absolute atomic E-state index is 0.549. The van der Waals surface area contributed by atoms with Gasteiger partial charge in [-0.2, -0.15) is 0 Å². The summed E-state index contributed by atoms with van der Waals surface area (Å²) in [7, 11) is 0. The predicted molar refractivity (Wildman–Crippen MR) is 68.5 cm³/mol. The third kappa shape index (κ3) is 2.31. The van der Waals surface area contributed by atoms with Crippen LogP contribution in [0.5, 0.6) is 5.75 Å². The van der Waals surface area contributed by atoms with E-state index in [2.05, 4.69) is 35.3 Å². The van der Waals surface area contributed by atoms with Crippen molar-refractivity contribution in [3.63, 3.8) is 0 Å². The van der Waals surface area contributed by atoms with Crippen molar-refractivity contribution in [3.05, 3.63) is 29.3 Å².